The summed E-state index contributed by atoms with van der Waals surface area (Å²) in [4.78, 5) is 0. The molecule has 0 amide bonds. The Balaban J connectivity index is 2.35. The summed E-state index contributed by atoms with van der Waals surface area (Å²) in [5, 5.41) is 3.32. The Kier molecular flexibility index (Phi) is 3.20. The first-order chi connectivity index (χ1) is 8.08. The number of halogens is 2. The van der Waals surface area contributed by atoms with Crippen LogP contribution < -0.4 is 11.1 Å². The predicted octanol–water partition coefficient (Wildman–Crippen LogP) is 4.11. The molecule has 2 nitrogen and oxygen atoms in total. The van der Waals surface area contributed by atoms with Crippen molar-refractivity contribution in [2.75, 3.05) is 11.1 Å². The molecule has 0 aromatic heterocycles. The topological polar surface area (TPSA) is 38.0 Å². The highest BCUT2D eigenvalue weighted by Crippen LogP contribution is 2.28. The van der Waals surface area contributed by atoms with Crippen LogP contribution in [0, 0.1) is 12.7 Å². The number of aryl methyl sites for hydroxylation is 1. The summed E-state index contributed by atoms with van der Waals surface area (Å²) >= 11 is 5.68. The van der Waals surface area contributed by atoms with Gasteiger partial charge in [0.05, 0.1) is 17.1 Å². The fraction of sp³-hybridized carbons (Fsp3) is 0.0769. The van der Waals surface area contributed by atoms with Crippen LogP contribution in [0.15, 0.2) is 36.4 Å². The Labute approximate surface area is 104 Å². The fourth-order valence-electron chi connectivity index (χ4n) is 1.53. The van der Waals surface area contributed by atoms with Gasteiger partial charge in [0, 0.05) is 5.02 Å². The summed E-state index contributed by atoms with van der Waals surface area (Å²) in [5.74, 6) is -0.404. The van der Waals surface area contributed by atoms with Gasteiger partial charge in [-0.3, -0.25) is 0 Å². The molecule has 0 radical (unpaired) electrons. The number of benzene rings is 2. The standard InChI is InChI=1S/C13H12ClFN2/c1-8-3-2-4-12(13(8)16)17-11-6-5-9(14)7-10(11)15/h2-7,17H,16H2,1H3. The molecule has 2 rings (SSSR count). The van der Waals surface area contributed by atoms with E-state index in [-0.39, 0.29) is 0 Å². The Bertz CT molecular complexity index is 555. The van der Waals surface area contributed by atoms with Crippen molar-refractivity contribution in [1.82, 2.24) is 0 Å². The Hall–Kier alpha value is -1.74. The second-order valence-electron chi connectivity index (χ2n) is 3.79. The van der Waals surface area contributed by atoms with E-state index in [1.165, 1.54) is 6.07 Å². The van der Waals surface area contributed by atoms with Crippen LogP contribution in [0.4, 0.5) is 21.5 Å². The third kappa shape index (κ3) is 2.50. The molecule has 0 heterocycles. The molecule has 0 aliphatic rings. The van der Waals surface area contributed by atoms with Crippen LogP contribution in [0.3, 0.4) is 0 Å². The first kappa shape index (κ1) is 11.7. The molecular formula is C13H12ClFN2. The van der Waals surface area contributed by atoms with E-state index in [4.69, 9.17) is 17.3 Å². The van der Waals surface area contributed by atoms with Gasteiger partial charge in [-0.05, 0) is 36.8 Å². The molecule has 0 atom stereocenters. The molecule has 0 aliphatic heterocycles. The van der Waals surface area contributed by atoms with Crippen LogP contribution in [-0.2, 0) is 0 Å². The molecule has 0 spiro atoms. The minimum absolute atomic E-state index is 0.353. The van der Waals surface area contributed by atoms with Crippen LogP contribution in [0.1, 0.15) is 5.56 Å². The molecule has 88 valence electrons. The van der Waals surface area contributed by atoms with Gasteiger partial charge in [-0.15, -0.1) is 0 Å². The highest BCUT2D eigenvalue weighted by molar-refractivity contribution is 6.30. The van der Waals surface area contributed by atoms with E-state index in [1.54, 1.807) is 18.2 Å². The molecule has 0 unspecified atom stereocenters. The first-order valence-electron chi connectivity index (χ1n) is 5.15. The molecule has 0 saturated heterocycles. The van der Waals surface area contributed by atoms with Gasteiger partial charge in [-0.2, -0.15) is 0 Å². The highest BCUT2D eigenvalue weighted by Gasteiger charge is 2.06. The number of para-hydroxylation sites is 1. The zero-order valence-electron chi connectivity index (χ0n) is 9.30. The van der Waals surface area contributed by atoms with Crippen LogP contribution in [0.25, 0.3) is 0 Å². The number of anilines is 3. The molecule has 4 heteroatoms. The smallest absolute Gasteiger partial charge is 0.148 e. The van der Waals surface area contributed by atoms with Crippen molar-refractivity contribution in [1.29, 1.82) is 0 Å². The maximum Gasteiger partial charge on any atom is 0.148 e. The maximum absolute atomic E-state index is 13.6. The van der Waals surface area contributed by atoms with Gasteiger partial charge in [0.15, 0.2) is 0 Å². The molecule has 0 aliphatic carbocycles. The summed E-state index contributed by atoms with van der Waals surface area (Å²) in [6, 6.07) is 10.0. The normalized spacial score (nSPS) is 10.3. The summed E-state index contributed by atoms with van der Waals surface area (Å²) in [6.07, 6.45) is 0. The van der Waals surface area contributed by atoms with Crippen molar-refractivity contribution >= 4 is 28.7 Å². The van der Waals surface area contributed by atoms with Gasteiger partial charge in [-0.25, -0.2) is 4.39 Å². The summed E-state index contributed by atoms with van der Waals surface area (Å²) in [7, 11) is 0. The highest BCUT2D eigenvalue weighted by atomic mass is 35.5. The van der Waals surface area contributed by atoms with Crippen molar-refractivity contribution < 1.29 is 4.39 Å². The third-order valence-corrected chi connectivity index (χ3v) is 2.76. The molecule has 3 N–H and O–H groups in total. The van der Waals surface area contributed by atoms with Gasteiger partial charge in [-0.1, -0.05) is 23.7 Å². The SMILES string of the molecule is Cc1cccc(Nc2ccc(Cl)cc2F)c1N. The first-order valence-corrected chi connectivity index (χ1v) is 5.53. The fourth-order valence-corrected chi connectivity index (χ4v) is 1.68. The number of rotatable bonds is 2. The van der Waals surface area contributed by atoms with Gasteiger partial charge < -0.3 is 11.1 Å². The maximum atomic E-state index is 13.6. The third-order valence-electron chi connectivity index (χ3n) is 2.52. The van der Waals surface area contributed by atoms with Crippen molar-refractivity contribution in [3.8, 4) is 0 Å². The monoisotopic (exact) mass is 250 g/mol. The molecule has 17 heavy (non-hydrogen) atoms. The van der Waals surface area contributed by atoms with Crippen LogP contribution in [0.2, 0.25) is 5.02 Å². The second kappa shape index (κ2) is 4.63. The van der Waals surface area contributed by atoms with Gasteiger partial charge in [0.2, 0.25) is 0 Å². The zero-order chi connectivity index (χ0) is 12.4. The number of nitrogens with one attached hydrogen (secondary N) is 1. The van der Waals surface area contributed by atoms with Crippen LogP contribution in [0.5, 0.6) is 0 Å². The van der Waals surface area contributed by atoms with Crippen molar-refractivity contribution in [2.45, 2.75) is 6.92 Å². The number of hydrogen-bond acceptors (Lipinski definition) is 2. The molecule has 0 saturated carbocycles. The Morgan fingerprint density at radius 2 is 1.94 bits per heavy atom. The molecular weight excluding hydrogens is 239 g/mol. The molecule has 2 aromatic rings. The quantitative estimate of drug-likeness (QED) is 0.787. The number of nitrogen functional groups attached to an aromatic ring is 1. The van der Waals surface area contributed by atoms with E-state index in [9.17, 15) is 4.39 Å². The van der Waals surface area contributed by atoms with E-state index in [0.29, 0.717) is 22.1 Å². The van der Waals surface area contributed by atoms with Crippen LogP contribution in [-0.4, -0.2) is 0 Å². The predicted molar refractivity (Wildman–Crippen MR) is 70.3 cm³/mol. The molecule has 0 bridgehead atoms. The van der Waals surface area contributed by atoms with Gasteiger partial charge >= 0.3 is 0 Å². The minimum Gasteiger partial charge on any atom is -0.397 e. The minimum atomic E-state index is -0.404. The van der Waals surface area contributed by atoms with Gasteiger partial charge in [0.25, 0.3) is 0 Å². The summed E-state index contributed by atoms with van der Waals surface area (Å²) in [5.41, 5.74) is 8.50. The average Bonchev–Trinajstić information content (AvgIpc) is 2.28. The van der Waals surface area contributed by atoms with Crippen molar-refractivity contribution in [2.24, 2.45) is 0 Å². The van der Waals surface area contributed by atoms with E-state index >= 15 is 0 Å². The summed E-state index contributed by atoms with van der Waals surface area (Å²) in [6.45, 7) is 1.90. The Morgan fingerprint density at radius 3 is 2.65 bits per heavy atom. The molecule has 2 aromatic carbocycles. The summed E-state index contributed by atoms with van der Waals surface area (Å²) < 4.78 is 13.6. The zero-order valence-corrected chi connectivity index (χ0v) is 10.1. The average molecular weight is 251 g/mol. The lowest BCUT2D eigenvalue weighted by molar-refractivity contribution is 0.632. The number of nitrogens with two attached hydrogens (primary N) is 1. The van der Waals surface area contributed by atoms with E-state index in [2.05, 4.69) is 5.32 Å². The molecule has 0 fully saturated rings. The Morgan fingerprint density at radius 1 is 1.18 bits per heavy atom. The lowest BCUT2D eigenvalue weighted by Gasteiger charge is -2.11. The van der Waals surface area contributed by atoms with E-state index in [0.717, 1.165) is 5.56 Å². The lowest BCUT2D eigenvalue weighted by Crippen LogP contribution is -1.99. The van der Waals surface area contributed by atoms with E-state index in [1.807, 2.05) is 19.1 Å². The largest absolute Gasteiger partial charge is 0.397 e. The van der Waals surface area contributed by atoms with Crippen LogP contribution >= 0.6 is 11.6 Å². The van der Waals surface area contributed by atoms with Crippen molar-refractivity contribution in [3.05, 3.63) is 52.8 Å². The van der Waals surface area contributed by atoms with Crippen molar-refractivity contribution in [3.63, 3.8) is 0 Å². The second-order valence-corrected chi connectivity index (χ2v) is 4.22. The van der Waals surface area contributed by atoms with E-state index < -0.39 is 5.82 Å². The number of hydrogen-bond donors (Lipinski definition) is 2. The van der Waals surface area contributed by atoms with Gasteiger partial charge in [0.1, 0.15) is 5.82 Å². The lowest BCUT2D eigenvalue weighted by atomic mass is 10.1.